The average Bonchev–Trinajstić information content (AvgIpc) is 2.98. The van der Waals surface area contributed by atoms with Crippen LogP contribution in [0.15, 0.2) is 46.9 Å². The van der Waals surface area contributed by atoms with Crippen LogP contribution in [-0.4, -0.2) is 18.2 Å². The average molecular weight is 296 g/mol. The second-order valence-corrected chi connectivity index (χ2v) is 4.98. The Labute approximate surface area is 127 Å². The van der Waals surface area contributed by atoms with E-state index in [-0.39, 0.29) is 5.56 Å². The largest absolute Gasteiger partial charge is 0.493 e. The zero-order chi connectivity index (χ0) is 15.7. The van der Waals surface area contributed by atoms with E-state index in [1.165, 1.54) is 13.2 Å². The van der Waals surface area contributed by atoms with Crippen LogP contribution in [0.3, 0.4) is 0 Å². The molecule has 0 aliphatic rings. The fourth-order valence-electron chi connectivity index (χ4n) is 2.65. The van der Waals surface area contributed by atoms with Crippen molar-refractivity contribution in [1.82, 2.24) is 0 Å². The van der Waals surface area contributed by atoms with Crippen LogP contribution in [0.25, 0.3) is 22.3 Å². The lowest BCUT2D eigenvalue weighted by atomic mass is 10.0. The van der Waals surface area contributed by atoms with Crippen LogP contribution < -0.4 is 4.74 Å². The van der Waals surface area contributed by atoms with E-state index in [1.807, 2.05) is 24.3 Å². The molecule has 0 saturated heterocycles. The first-order valence-corrected chi connectivity index (χ1v) is 7.07. The van der Waals surface area contributed by atoms with Crippen molar-refractivity contribution in [2.45, 2.75) is 13.3 Å². The zero-order valence-electron chi connectivity index (χ0n) is 12.4. The van der Waals surface area contributed by atoms with Crippen LogP contribution >= 0.6 is 0 Å². The minimum absolute atomic E-state index is 0.208. The maximum absolute atomic E-state index is 11.4. The molecule has 1 aromatic heterocycles. The number of aromatic carboxylic acids is 1. The number of carboxylic acids is 1. The number of rotatable bonds is 4. The third-order valence-corrected chi connectivity index (χ3v) is 3.76. The van der Waals surface area contributed by atoms with Gasteiger partial charge in [-0.25, -0.2) is 4.79 Å². The molecule has 1 N–H and O–H groups in total. The Kier molecular flexibility index (Phi) is 3.59. The minimum atomic E-state index is -0.983. The number of furan rings is 1. The summed E-state index contributed by atoms with van der Waals surface area (Å²) in [6, 6.07) is 12.9. The fraction of sp³-hybridized carbons (Fsp3) is 0.167. The molecule has 0 fully saturated rings. The maximum atomic E-state index is 11.4. The third-order valence-electron chi connectivity index (χ3n) is 3.76. The van der Waals surface area contributed by atoms with Crippen LogP contribution in [0.1, 0.15) is 22.8 Å². The molecule has 0 amide bonds. The van der Waals surface area contributed by atoms with Crippen molar-refractivity contribution in [3.63, 3.8) is 0 Å². The van der Waals surface area contributed by atoms with Crippen molar-refractivity contribution in [1.29, 1.82) is 0 Å². The summed E-state index contributed by atoms with van der Waals surface area (Å²) in [5, 5.41) is 9.89. The molecule has 0 bridgehead atoms. The van der Waals surface area contributed by atoms with Crippen LogP contribution in [0, 0.1) is 0 Å². The Morgan fingerprint density at radius 2 is 2.00 bits per heavy atom. The number of benzene rings is 2. The van der Waals surface area contributed by atoms with Gasteiger partial charge in [0.2, 0.25) is 0 Å². The number of aryl methyl sites for hydroxylation is 1. The van der Waals surface area contributed by atoms with E-state index in [0.717, 1.165) is 17.5 Å². The quantitative estimate of drug-likeness (QED) is 0.776. The van der Waals surface area contributed by atoms with Gasteiger partial charge in [-0.05, 0) is 30.2 Å². The van der Waals surface area contributed by atoms with E-state index in [4.69, 9.17) is 9.15 Å². The highest BCUT2D eigenvalue weighted by atomic mass is 16.5. The molecule has 3 rings (SSSR count). The van der Waals surface area contributed by atoms with Crippen LogP contribution in [0.4, 0.5) is 0 Å². The van der Waals surface area contributed by atoms with E-state index in [0.29, 0.717) is 22.5 Å². The summed E-state index contributed by atoms with van der Waals surface area (Å²) in [5.41, 5.74) is 2.79. The number of hydrogen-bond acceptors (Lipinski definition) is 3. The van der Waals surface area contributed by atoms with Gasteiger partial charge >= 0.3 is 5.97 Å². The first-order chi connectivity index (χ1) is 10.7. The van der Waals surface area contributed by atoms with Gasteiger partial charge in [0.15, 0.2) is 11.3 Å². The zero-order valence-corrected chi connectivity index (χ0v) is 12.4. The van der Waals surface area contributed by atoms with Gasteiger partial charge in [-0.1, -0.05) is 31.2 Å². The van der Waals surface area contributed by atoms with Crippen LogP contribution in [0.2, 0.25) is 0 Å². The molecule has 0 radical (unpaired) electrons. The highest BCUT2D eigenvalue weighted by molar-refractivity contribution is 6.05. The van der Waals surface area contributed by atoms with Crippen molar-refractivity contribution < 1.29 is 19.1 Å². The Hall–Kier alpha value is -2.75. The first-order valence-electron chi connectivity index (χ1n) is 7.07. The molecule has 22 heavy (non-hydrogen) atoms. The molecule has 0 unspecified atom stereocenters. The molecule has 0 saturated carbocycles. The molecular formula is C18H16O4. The Bertz CT molecular complexity index is 845. The first kappa shape index (κ1) is 14.2. The summed E-state index contributed by atoms with van der Waals surface area (Å²) in [5.74, 6) is 0.198. The monoisotopic (exact) mass is 296 g/mol. The van der Waals surface area contributed by atoms with E-state index >= 15 is 0 Å². The van der Waals surface area contributed by atoms with Gasteiger partial charge in [0, 0.05) is 10.9 Å². The summed E-state index contributed by atoms with van der Waals surface area (Å²) < 4.78 is 11.2. The van der Waals surface area contributed by atoms with Crippen LogP contribution in [-0.2, 0) is 6.42 Å². The van der Waals surface area contributed by atoms with Crippen molar-refractivity contribution in [3.8, 4) is 17.1 Å². The van der Waals surface area contributed by atoms with Gasteiger partial charge in [0.25, 0.3) is 0 Å². The molecule has 4 heteroatoms. The Balaban J connectivity index is 2.29. The van der Waals surface area contributed by atoms with E-state index < -0.39 is 5.97 Å². The van der Waals surface area contributed by atoms with Crippen molar-refractivity contribution in [3.05, 3.63) is 53.6 Å². The molecule has 0 aliphatic carbocycles. The Morgan fingerprint density at radius 1 is 1.23 bits per heavy atom. The summed E-state index contributed by atoms with van der Waals surface area (Å²) in [6.45, 7) is 2.07. The second kappa shape index (κ2) is 5.56. The molecular weight excluding hydrogens is 280 g/mol. The van der Waals surface area contributed by atoms with Crippen molar-refractivity contribution in [2.75, 3.05) is 7.11 Å². The highest BCUT2D eigenvalue weighted by Gasteiger charge is 2.18. The topological polar surface area (TPSA) is 59.7 Å². The molecule has 3 aromatic rings. The number of carboxylic acid groups (broad SMARTS) is 1. The second-order valence-electron chi connectivity index (χ2n) is 4.98. The van der Waals surface area contributed by atoms with Gasteiger partial charge in [0.1, 0.15) is 5.76 Å². The number of methoxy groups -OCH3 is 1. The Morgan fingerprint density at radius 3 is 2.68 bits per heavy atom. The van der Waals surface area contributed by atoms with E-state index in [1.54, 1.807) is 12.1 Å². The molecule has 1 heterocycles. The molecule has 0 aliphatic heterocycles. The van der Waals surface area contributed by atoms with Gasteiger partial charge < -0.3 is 14.3 Å². The van der Waals surface area contributed by atoms with Gasteiger partial charge in [-0.3, -0.25) is 0 Å². The summed E-state index contributed by atoms with van der Waals surface area (Å²) in [7, 11) is 1.54. The van der Waals surface area contributed by atoms with E-state index in [2.05, 4.69) is 6.92 Å². The predicted octanol–water partition coefficient (Wildman–Crippen LogP) is 4.37. The number of ether oxygens (including phenoxy) is 1. The number of hydrogen-bond donors (Lipinski definition) is 1. The molecule has 4 nitrogen and oxygen atoms in total. The minimum Gasteiger partial charge on any atom is -0.493 e. The summed E-state index contributed by atoms with van der Waals surface area (Å²) >= 11 is 0. The third kappa shape index (κ3) is 2.22. The SMILES string of the molecule is CCc1ccccc1-c1cc2c(C(=O)O)ccc(OC)c2o1. The molecule has 2 aromatic carbocycles. The van der Waals surface area contributed by atoms with Crippen molar-refractivity contribution in [2.24, 2.45) is 0 Å². The molecule has 0 spiro atoms. The lowest BCUT2D eigenvalue weighted by Crippen LogP contribution is -1.97. The van der Waals surface area contributed by atoms with Gasteiger partial charge in [-0.2, -0.15) is 0 Å². The molecule has 0 atom stereocenters. The summed E-state index contributed by atoms with van der Waals surface area (Å²) in [4.78, 5) is 11.4. The maximum Gasteiger partial charge on any atom is 0.336 e. The van der Waals surface area contributed by atoms with Gasteiger partial charge in [0.05, 0.1) is 12.7 Å². The molecule has 112 valence electrons. The lowest BCUT2D eigenvalue weighted by molar-refractivity contribution is 0.0699. The van der Waals surface area contributed by atoms with Gasteiger partial charge in [-0.15, -0.1) is 0 Å². The van der Waals surface area contributed by atoms with Crippen LogP contribution in [0.5, 0.6) is 5.75 Å². The fourth-order valence-corrected chi connectivity index (χ4v) is 2.65. The predicted molar refractivity (Wildman–Crippen MR) is 84.5 cm³/mol. The number of carbonyl (C=O) groups is 1. The number of fused-ring (bicyclic) bond motifs is 1. The normalized spacial score (nSPS) is 10.8. The van der Waals surface area contributed by atoms with Crippen molar-refractivity contribution >= 4 is 16.9 Å². The smallest absolute Gasteiger partial charge is 0.336 e. The highest BCUT2D eigenvalue weighted by Crippen LogP contribution is 2.36. The summed E-state index contributed by atoms with van der Waals surface area (Å²) in [6.07, 6.45) is 0.871. The van der Waals surface area contributed by atoms with E-state index in [9.17, 15) is 9.90 Å². The standard InChI is InChI=1S/C18H16O4/c1-3-11-6-4-5-7-12(11)16-10-14-13(18(19)20)8-9-15(21-2)17(14)22-16/h4-10H,3H2,1-2H3,(H,19,20). The lowest BCUT2D eigenvalue weighted by Gasteiger charge is -2.04.